The Bertz CT molecular complexity index is 433. The van der Waals surface area contributed by atoms with E-state index in [2.05, 4.69) is 22.9 Å². The van der Waals surface area contributed by atoms with Crippen LogP contribution in [0.1, 0.15) is 44.7 Å². The number of hydrogen-bond acceptors (Lipinski definition) is 3. The van der Waals surface area contributed by atoms with Crippen molar-refractivity contribution in [3.8, 4) is 0 Å². The predicted octanol–water partition coefficient (Wildman–Crippen LogP) is 3.12. The lowest BCUT2D eigenvalue weighted by Crippen LogP contribution is -2.26. The van der Waals surface area contributed by atoms with Crippen LogP contribution in [0.5, 0.6) is 0 Å². The SMILES string of the molecule is CCCC1CCCN(c2cccc(C(N)=S)n2)CC1. The summed E-state index contributed by atoms with van der Waals surface area (Å²) in [6, 6.07) is 5.93. The average Bonchev–Trinajstić information content (AvgIpc) is 2.65. The molecule has 0 amide bonds. The Hall–Kier alpha value is -1.16. The summed E-state index contributed by atoms with van der Waals surface area (Å²) in [7, 11) is 0. The summed E-state index contributed by atoms with van der Waals surface area (Å²) in [4.78, 5) is 7.32. The molecule has 1 fully saturated rings. The highest BCUT2D eigenvalue weighted by molar-refractivity contribution is 7.80. The minimum atomic E-state index is 0.375. The Labute approximate surface area is 121 Å². The molecule has 1 aromatic rings. The zero-order chi connectivity index (χ0) is 13.7. The molecule has 2 rings (SSSR count). The lowest BCUT2D eigenvalue weighted by molar-refractivity contribution is 0.435. The highest BCUT2D eigenvalue weighted by Crippen LogP contribution is 2.24. The monoisotopic (exact) mass is 277 g/mol. The zero-order valence-corrected chi connectivity index (χ0v) is 12.5. The molecule has 2 N–H and O–H groups in total. The van der Waals surface area contributed by atoms with Gasteiger partial charge in [-0.1, -0.05) is 38.0 Å². The van der Waals surface area contributed by atoms with Crippen molar-refractivity contribution in [2.45, 2.75) is 39.0 Å². The largest absolute Gasteiger partial charge is 0.388 e. The van der Waals surface area contributed by atoms with Gasteiger partial charge in [-0.2, -0.15) is 0 Å². The van der Waals surface area contributed by atoms with Crippen LogP contribution in [0.3, 0.4) is 0 Å². The fourth-order valence-electron chi connectivity index (χ4n) is 2.83. The molecular weight excluding hydrogens is 254 g/mol. The molecule has 3 nitrogen and oxygen atoms in total. The Morgan fingerprint density at radius 1 is 1.42 bits per heavy atom. The van der Waals surface area contributed by atoms with E-state index in [4.69, 9.17) is 18.0 Å². The smallest absolute Gasteiger partial charge is 0.129 e. The molecule has 19 heavy (non-hydrogen) atoms. The summed E-state index contributed by atoms with van der Waals surface area (Å²) in [6.45, 7) is 4.46. The van der Waals surface area contributed by atoms with Crippen molar-refractivity contribution in [1.82, 2.24) is 4.98 Å². The summed E-state index contributed by atoms with van der Waals surface area (Å²) >= 11 is 5.00. The normalized spacial score (nSPS) is 20.1. The van der Waals surface area contributed by atoms with Crippen molar-refractivity contribution in [1.29, 1.82) is 0 Å². The van der Waals surface area contributed by atoms with Gasteiger partial charge in [0.1, 0.15) is 10.8 Å². The van der Waals surface area contributed by atoms with Crippen LogP contribution in [-0.2, 0) is 0 Å². The fraction of sp³-hybridized carbons (Fsp3) is 0.600. The Kier molecular flexibility index (Phi) is 5.14. The molecule has 1 aromatic heterocycles. The van der Waals surface area contributed by atoms with E-state index in [1.54, 1.807) is 0 Å². The quantitative estimate of drug-likeness (QED) is 0.859. The number of nitrogens with two attached hydrogens (primary N) is 1. The van der Waals surface area contributed by atoms with Crippen molar-refractivity contribution in [2.24, 2.45) is 11.7 Å². The van der Waals surface area contributed by atoms with Gasteiger partial charge in [-0.3, -0.25) is 0 Å². The third kappa shape index (κ3) is 3.90. The van der Waals surface area contributed by atoms with Gasteiger partial charge in [0.2, 0.25) is 0 Å². The molecule has 1 aliphatic heterocycles. The second-order valence-electron chi connectivity index (χ2n) is 5.32. The Morgan fingerprint density at radius 3 is 3.00 bits per heavy atom. The number of anilines is 1. The summed E-state index contributed by atoms with van der Waals surface area (Å²) in [5, 5.41) is 0. The molecule has 1 saturated heterocycles. The maximum atomic E-state index is 5.66. The fourth-order valence-corrected chi connectivity index (χ4v) is 2.94. The summed E-state index contributed by atoms with van der Waals surface area (Å²) in [5.41, 5.74) is 6.38. The number of nitrogens with zero attached hydrogens (tertiary/aromatic N) is 2. The summed E-state index contributed by atoms with van der Waals surface area (Å²) < 4.78 is 0. The molecular formula is C15H23N3S. The first-order chi connectivity index (χ1) is 9.20. The van der Waals surface area contributed by atoms with Gasteiger partial charge in [0.25, 0.3) is 0 Å². The maximum Gasteiger partial charge on any atom is 0.129 e. The van der Waals surface area contributed by atoms with Crippen molar-refractivity contribution in [2.75, 3.05) is 18.0 Å². The van der Waals surface area contributed by atoms with Crippen molar-refractivity contribution < 1.29 is 0 Å². The molecule has 0 bridgehead atoms. The zero-order valence-electron chi connectivity index (χ0n) is 11.6. The molecule has 2 heterocycles. The molecule has 0 spiro atoms. The molecule has 4 heteroatoms. The van der Waals surface area contributed by atoms with Gasteiger partial charge < -0.3 is 10.6 Å². The van der Waals surface area contributed by atoms with Crippen LogP contribution in [-0.4, -0.2) is 23.1 Å². The van der Waals surface area contributed by atoms with E-state index in [0.29, 0.717) is 4.99 Å². The average molecular weight is 277 g/mol. The van der Waals surface area contributed by atoms with Crippen molar-refractivity contribution in [3.05, 3.63) is 23.9 Å². The summed E-state index contributed by atoms with van der Waals surface area (Å²) in [5.74, 6) is 1.90. The standard InChI is InChI=1S/C15H23N3S/c1-2-5-12-6-4-10-18(11-9-12)14-8-3-7-13(17-14)15(16)19/h3,7-8,12H,2,4-6,9-11H2,1H3,(H2,16,19). The predicted molar refractivity (Wildman–Crippen MR) is 84.6 cm³/mol. The Balaban J connectivity index is 2.05. The first-order valence-corrected chi connectivity index (χ1v) is 7.63. The molecule has 0 aromatic carbocycles. The number of aromatic nitrogens is 1. The first-order valence-electron chi connectivity index (χ1n) is 7.22. The van der Waals surface area contributed by atoms with E-state index >= 15 is 0 Å². The lowest BCUT2D eigenvalue weighted by atomic mass is 9.96. The number of rotatable bonds is 4. The van der Waals surface area contributed by atoms with Gasteiger partial charge in [-0.05, 0) is 37.3 Å². The molecule has 0 aliphatic carbocycles. The molecule has 0 radical (unpaired) electrons. The van der Waals surface area contributed by atoms with Gasteiger partial charge in [-0.25, -0.2) is 4.98 Å². The minimum Gasteiger partial charge on any atom is -0.388 e. The van der Waals surface area contributed by atoms with Gasteiger partial charge in [0, 0.05) is 13.1 Å². The van der Waals surface area contributed by atoms with E-state index in [1.807, 2.05) is 12.1 Å². The number of thiocarbonyl (C=S) groups is 1. The Morgan fingerprint density at radius 2 is 2.26 bits per heavy atom. The lowest BCUT2D eigenvalue weighted by Gasteiger charge is -2.22. The van der Waals surface area contributed by atoms with Crippen LogP contribution < -0.4 is 10.6 Å². The molecule has 1 aliphatic rings. The van der Waals surface area contributed by atoms with Crippen LogP contribution in [0, 0.1) is 5.92 Å². The molecule has 1 atom stereocenters. The summed E-state index contributed by atoms with van der Waals surface area (Å²) in [6.07, 6.45) is 6.52. The van der Waals surface area contributed by atoms with Crippen LogP contribution in [0.4, 0.5) is 5.82 Å². The van der Waals surface area contributed by atoms with E-state index < -0.39 is 0 Å². The minimum absolute atomic E-state index is 0.375. The topological polar surface area (TPSA) is 42.1 Å². The van der Waals surface area contributed by atoms with Crippen LogP contribution in [0.2, 0.25) is 0 Å². The highest BCUT2D eigenvalue weighted by Gasteiger charge is 2.17. The van der Waals surface area contributed by atoms with E-state index in [1.165, 1.54) is 32.1 Å². The van der Waals surface area contributed by atoms with Crippen LogP contribution >= 0.6 is 12.2 Å². The van der Waals surface area contributed by atoms with Gasteiger partial charge in [0.05, 0.1) is 5.69 Å². The molecule has 0 saturated carbocycles. The molecule has 104 valence electrons. The molecule has 1 unspecified atom stereocenters. The second-order valence-corrected chi connectivity index (χ2v) is 5.76. The maximum absolute atomic E-state index is 5.66. The van der Waals surface area contributed by atoms with E-state index in [0.717, 1.165) is 30.5 Å². The number of hydrogen-bond donors (Lipinski definition) is 1. The second kappa shape index (κ2) is 6.85. The van der Waals surface area contributed by atoms with Gasteiger partial charge in [-0.15, -0.1) is 0 Å². The van der Waals surface area contributed by atoms with Gasteiger partial charge in [0.15, 0.2) is 0 Å². The number of pyridine rings is 1. The third-order valence-electron chi connectivity index (χ3n) is 3.86. The van der Waals surface area contributed by atoms with Gasteiger partial charge >= 0.3 is 0 Å². The van der Waals surface area contributed by atoms with E-state index in [-0.39, 0.29) is 0 Å². The van der Waals surface area contributed by atoms with Crippen LogP contribution in [0.25, 0.3) is 0 Å². The highest BCUT2D eigenvalue weighted by atomic mass is 32.1. The third-order valence-corrected chi connectivity index (χ3v) is 4.06. The van der Waals surface area contributed by atoms with E-state index in [9.17, 15) is 0 Å². The van der Waals surface area contributed by atoms with Crippen molar-refractivity contribution >= 4 is 23.0 Å². The van der Waals surface area contributed by atoms with Crippen LogP contribution in [0.15, 0.2) is 18.2 Å². The first kappa shape index (κ1) is 14.3. The van der Waals surface area contributed by atoms with Crippen molar-refractivity contribution in [3.63, 3.8) is 0 Å².